The highest BCUT2D eigenvalue weighted by Crippen LogP contribution is 2.55. The van der Waals surface area contributed by atoms with E-state index >= 15 is 0 Å². The third kappa shape index (κ3) is 2.28. The lowest BCUT2D eigenvalue weighted by Crippen LogP contribution is -2.61. The first-order chi connectivity index (χ1) is 12.0. The first-order valence-electron chi connectivity index (χ1n) is 10.0. The van der Waals surface area contributed by atoms with Gasteiger partial charge in [0.25, 0.3) is 0 Å². The lowest BCUT2D eigenvalue weighted by Gasteiger charge is -2.55. The Labute approximate surface area is 149 Å². The number of carbonyl (C=O) groups excluding carboxylic acids is 2. The first-order valence-corrected chi connectivity index (χ1v) is 10.0. The summed E-state index contributed by atoms with van der Waals surface area (Å²) >= 11 is 0. The molecule has 6 fully saturated rings. The lowest BCUT2D eigenvalue weighted by atomic mass is 9.62. The van der Waals surface area contributed by atoms with Gasteiger partial charge in [-0.1, -0.05) is 12.8 Å². The maximum atomic E-state index is 13.3. The second kappa shape index (κ2) is 5.04. The minimum Gasteiger partial charge on any atom is -0.443 e. The molecule has 1 atom stereocenters. The van der Waals surface area contributed by atoms with Gasteiger partial charge in [0.15, 0.2) is 0 Å². The third-order valence-corrected chi connectivity index (χ3v) is 7.90. The van der Waals surface area contributed by atoms with Crippen molar-refractivity contribution in [3.8, 4) is 0 Å². The molecule has 0 radical (unpaired) electrons. The van der Waals surface area contributed by atoms with E-state index in [4.69, 9.17) is 10.5 Å². The standard InChI is InChI=1S/C19H29N3O3/c20-15(23)25-19-8-5-17(6-9-19,7-10-19)22-13-18(12-14-2-3-14)4-1-11-21(18)16(22)24/h14H,1-13H2,(H2,20,23)/t17?,18-,19?/m0/s1. The first kappa shape index (κ1) is 15.8. The number of ether oxygens (including phenoxy) is 1. The highest BCUT2D eigenvalue weighted by atomic mass is 16.6. The van der Waals surface area contributed by atoms with Crippen molar-refractivity contribution in [2.75, 3.05) is 13.1 Å². The van der Waals surface area contributed by atoms with Crippen LogP contribution >= 0.6 is 0 Å². The Bertz CT molecular complexity index is 593. The molecule has 0 spiro atoms. The van der Waals surface area contributed by atoms with Crippen molar-refractivity contribution < 1.29 is 14.3 Å². The summed E-state index contributed by atoms with van der Waals surface area (Å²) in [6.45, 7) is 1.86. The average molecular weight is 347 g/mol. The number of hydrogen-bond donors (Lipinski definition) is 1. The topological polar surface area (TPSA) is 75.9 Å². The summed E-state index contributed by atoms with van der Waals surface area (Å²) in [5, 5.41) is 0. The van der Waals surface area contributed by atoms with E-state index in [9.17, 15) is 9.59 Å². The molecule has 4 saturated carbocycles. The normalized spacial score (nSPS) is 42.8. The summed E-state index contributed by atoms with van der Waals surface area (Å²) in [5.74, 6) is 0.847. The number of hydrogen-bond acceptors (Lipinski definition) is 3. The van der Waals surface area contributed by atoms with E-state index in [0.717, 1.165) is 64.0 Å². The molecule has 3 amide bonds. The van der Waals surface area contributed by atoms with E-state index in [1.807, 2.05) is 0 Å². The van der Waals surface area contributed by atoms with Gasteiger partial charge in [-0.15, -0.1) is 0 Å². The van der Waals surface area contributed by atoms with E-state index in [1.54, 1.807) is 0 Å². The van der Waals surface area contributed by atoms with Gasteiger partial charge in [0.2, 0.25) is 0 Å². The molecule has 6 heteroatoms. The fourth-order valence-corrected chi connectivity index (χ4v) is 6.32. The van der Waals surface area contributed by atoms with Gasteiger partial charge in [-0.05, 0) is 63.7 Å². The van der Waals surface area contributed by atoms with Crippen LogP contribution in [0.2, 0.25) is 0 Å². The zero-order chi connectivity index (χ0) is 17.3. The molecule has 0 aromatic heterocycles. The van der Waals surface area contributed by atoms with Crippen LogP contribution < -0.4 is 5.73 Å². The number of amides is 3. The number of rotatable bonds is 4. The Morgan fingerprint density at radius 3 is 2.36 bits per heavy atom. The zero-order valence-electron chi connectivity index (χ0n) is 15.0. The number of carbonyl (C=O) groups is 2. The number of fused-ring (bicyclic) bond motifs is 4. The van der Waals surface area contributed by atoms with Gasteiger partial charge in [0.05, 0.1) is 5.54 Å². The fourth-order valence-electron chi connectivity index (χ4n) is 6.32. The van der Waals surface area contributed by atoms with E-state index < -0.39 is 6.09 Å². The van der Waals surface area contributed by atoms with Gasteiger partial charge in [0, 0.05) is 18.6 Å². The summed E-state index contributed by atoms with van der Waals surface area (Å²) in [7, 11) is 0. The highest BCUT2D eigenvalue weighted by molar-refractivity contribution is 5.80. The van der Waals surface area contributed by atoms with Crippen LogP contribution in [0.5, 0.6) is 0 Å². The van der Waals surface area contributed by atoms with E-state index in [1.165, 1.54) is 25.7 Å². The van der Waals surface area contributed by atoms with Gasteiger partial charge >= 0.3 is 12.1 Å². The lowest BCUT2D eigenvalue weighted by molar-refractivity contribution is -0.101. The molecule has 6 rings (SSSR count). The maximum absolute atomic E-state index is 13.3. The maximum Gasteiger partial charge on any atom is 0.405 e. The molecule has 2 heterocycles. The predicted molar refractivity (Wildman–Crippen MR) is 91.9 cm³/mol. The Kier molecular flexibility index (Phi) is 3.18. The average Bonchev–Trinajstić information content (AvgIpc) is 3.22. The van der Waals surface area contributed by atoms with Crippen LogP contribution in [0.1, 0.15) is 70.6 Å². The van der Waals surface area contributed by atoms with Crippen LogP contribution in [-0.2, 0) is 4.74 Å². The van der Waals surface area contributed by atoms with Gasteiger partial charge in [0.1, 0.15) is 5.60 Å². The Hall–Kier alpha value is -1.46. The molecule has 6 nitrogen and oxygen atoms in total. The predicted octanol–water partition coefficient (Wildman–Crippen LogP) is 3.00. The minimum absolute atomic E-state index is 0.0132. The smallest absolute Gasteiger partial charge is 0.405 e. The molecule has 2 aliphatic heterocycles. The van der Waals surface area contributed by atoms with E-state index in [0.29, 0.717) is 0 Å². The summed E-state index contributed by atoms with van der Waals surface area (Å²) in [5.41, 5.74) is 5.02. The van der Waals surface area contributed by atoms with E-state index in [2.05, 4.69) is 9.80 Å². The number of primary amides is 1. The molecule has 4 aliphatic carbocycles. The molecule has 2 saturated heterocycles. The van der Waals surface area contributed by atoms with Crippen molar-refractivity contribution in [2.24, 2.45) is 11.7 Å². The quantitative estimate of drug-likeness (QED) is 0.849. The molecule has 2 N–H and O–H groups in total. The summed E-state index contributed by atoms with van der Waals surface area (Å²) in [6, 6.07) is 0.281. The molecule has 0 unspecified atom stereocenters. The van der Waals surface area contributed by atoms with Crippen molar-refractivity contribution in [1.82, 2.24) is 9.80 Å². The molecular weight excluding hydrogens is 318 g/mol. The molecule has 2 bridgehead atoms. The molecule has 0 aromatic rings. The minimum atomic E-state index is -0.657. The second-order valence-electron chi connectivity index (χ2n) is 9.32. The third-order valence-electron chi connectivity index (χ3n) is 7.90. The van der Waals surface area contributed by atoms with Gasteiger partial charge < -0.3 is 20.3 Å². The van der Waals surface area contributed by atoms with Gasteiger partial charge in [-0.2, -0.15) is 0 Å². The largest absolute Gasteiger partial charge is 0.443 e. The van der Waals surface area contributed by atoms with Crippen LogP contribution in [0.15, 0.2) is 0 Å². The molecule has 6 aliphatic rings. The number of nitrogens with two attached hydrogens (primary N) is 1. The van der Waals surface area contributed by atoms with Crippen LogP contribution in [-0.4, -0.2) is 51.7 Å². The van der Waals surface area contributed by atoms with Gasteiger partial charge in [-0.3, -0.25) is 0 Å². The van der Waals surface area contributed by atoms with Crippen molar-refractivity contribution in [1.29, 1.82) is 0 Å². The van der Waals surface area contributed by atoms with Crippen LogP contribution in [0.3, 0.4) is 0 Å². The molecule has 25 heavy (non-hydrogen) atoms. The van der Waals surface area contributed by atoms with Crippen molar-refractivity contribution in [3.63, 3.8) is 0 Å². The fraction of sp³-hybridized carbons (Fsp3) is 0.895. The SMILES string of the molecule is NC(=O)OC12CCC(N3C[C@@]4(CC5CC5)CCCN4C3=O)(CC1)CC2. The van der Waals surface area contributed by atoms with Crippen LogP contribution in [0.25, 0.3) is 0 Å². The molecule has 0 aromatic carbocycles. The van der Waals surface area contributed by atoms with E-state index in [-0.39, 0.29) is 22.7 Å². The Morgan fingerprint density at radius 1 is 1.08 bits per heavy atom. The molecule has 138 valence electrons. The second-order valence-corrected chi connectivity index (χ2v) is 9.32. The van der Waals surface area contributed by atoms with Gasteiger partial charge in [-0.25, -0.2) is 9.59 Å². The van der Waals surface area contributed by atoms with Crippen molar-refractivity contribution >= 4 is 12.1 Å². The monoisotopic (exact) mass is 347 g/mol. The highest BCUT2D eigenvalue weighted by Gasteiger charge is 2.61. The summed E-state index contributed by atoms with van der Waals surface area (Å²) in [6.07, 6.45) is 10.9. The van der Waals surface area contributed by atoms with Crippen molar-refractivity contribution in [3.05, 3.63) is 0 Å². The Morgan fingerprint density at radius 2 is 1.76 bits per heavy atom. The number of urea groups is 1. The van der Waals surface area contributed by atoms with Crippen LogP contribution in [0.4, 0.5) is 9.59 Å². The number of nitrogens with zero attached hydrogens (tertiary/aromatic N) is 2. The zero-order valence-corrected chi connectivity index (χ0v) is 15.0. The van der Waals surface area contributed by atoms with Crippen LogP contribution in [0, 0.1) is 5.92 Å². The molecular formula is C19H29N3O3. The summed E-state index contributed by atoms with van der Waals surface area (Å²) < 4.78 is 5.48. The summed E-state index contributed by atoms with van der Waals surface area (Å²) in [4.78, 5) is 29.0. The Balaban J connectivity index is 1.36. The van der Waals surface area contributed by atoms with Crippen molar-refractivity contribution in [2.45, 2.75) is 87.3 Å².